The van der Waals surface area contributed by atoms with E-state index in [-0.39, 0.29) is 12.5 Å². The van der Waals surface area contributed by atoms with Crippen LogP contribution in [0.4, 0.5) is 0 Å². The molecule has 2 aromatic rings. The molecule has 0 heterocycles. The van der Waals surface area contributed by atoms with Gasteiger partial charge < -0.3 is 20.5 Å². The Hall–Kier alpha value is -2.53. The summed E-state index contributed by atoms with van der Waals surface area (Å²) in [4.78, 5) is 4.58. The highest BCUT2D eigenvalue weighted by molar-refractivity contribution is 5.79. The maximum Gasteiger partial charge on any atom is 0.191 e. The number of guanidine groups is 1. The highest BCUT2D eigenvalue weighted by atomic mass is 16.5. The van der Waals surface area contributed by atoms with E-state index in [1.54, 1.807) is 14.0 Å². The number of hydrogen-bond donors (Lipinski definition) is 3. The molecule has 0 spiro atoms. The Morgan fingerprint density at radius 2 is 1.78 bits per heavy atom. The van der Waals surface area contributed by atoms with Gasteiger partial charge in [-0.05, 0) is 31.0 Å². The van der Waals surface area contributed by atoms with Crippen molar-refractivity contribution in [3.8, 4) is 5.75 Å². The maximum absolute atomic E-state index is 10.7. The molecule has 0 radical (unpaired) electrons. The van der Waals surface area contributed by atoms with Gasteiger partial charge in [-0.15, -0.1) is 0 Å². The lowest BCUT2D eigenvalue weighted by Gasteiger charge is -2.23. The number of rotatable bonds is 8. The number of nitrogens with zero attached hydrogens (tertiary/aromatic N) is 1. The highest BCUT2D eigenvalue weighted by Crippen LogP contribution is 2.25. The third-order valence-corrected chi connectivity index (χ3v) is 4.53. The van der Waals surface area contributed by atoms with Crippen molar-refractivity contribution in [2.75, 3.05) is 26.7 Å². The van der Waals surface area contributed by atoms with Gasteiger partial charge in [0.05, 0.1) is 13.7 Å². The molecule has 2 rings (SSSR count). The Labute approximate surface area is 162 Å². The maximum atomic E-state index is 10.7. The zero-order chi connectivity index (χ0) is 19.7. The first kappa shape index (κ1) is 20.8. The second kappa shape index (κ2) is 9.97. The number of ether oxygens (including phenoxy) is 1. The molecule has 0 aliphatic rings. The van der Waals surface area contributed by atoms with E-state index in [2.05, 4.69) is 28.6 Å². The molecular weight excluding hydrogens is 338 g/mol. The Balaban J connectivity index is 2.03. The molecule has 0 aromatic heterocycles. The van der Waals surface area contributed by atoms with E-state index in [0.717, 1.165) is 23.4 Å². The van der Waals surface area contributed by atoms with E-state index in [0.29, 0.717) is 12.5 Å². The van der Waals surface area contributed by atoms with Crippen molar-refractivity contribution in [1.29, 1.82) is 0 Å². The van der Waals surface area contributed by atoms with Crippen LogP contribution in [-0.4, -0.2) is 37.8 Å². The van der Waals surface area contributed by atoms with Crippen molar-refractivity contribution in [2.24, 2.45) is 4.99 Å². The number of nitrogens with one attached hydrogen (secondary N) is 2. The molecule has 2 unspecified atom stereocenters. The zero-order valence-electron chi connectivity index (χ0n) is 16.7. The summed E-state index contributed by atoms with van der Waals surface area (Å²) in [6, 6.07) is 17.7. The van der Waals surface area contributed by atoms with Gasteiger partial charge >= 0.3 is 0 Å². The van der Waals surface area contributed by atoms with E-state index >= 15 is 0 Å². The summed E-state index contributed by atoms with van der Waals surface area (Å²) >= 11 is 0. The van der Waals surface area contributed by atoms with Gasteiger partial charge in [-0.1, -0.05) is 55.5 Å². The number of para-hydroxylation sites is 1. The van der Waals surface area contributed by atoms with Crippen LogP contribution in [0.25, 0.3) is 0 Å². The lowest BCUT2D eigenvalue weighted by atomic mass is 9.96. The Morgan fingerprint density at radius 3 is 2.44 bits per heavy atom. The fourth-order valence-electron chi connectivity index (χ4n) is 2.90. The standard InChI is InChI=1S/C22H31N3O2/c1-5-23-21(25-16-22(3,26)18-11-7-6-8-12-18)24-15-17(2)19-13-9-10-14-20(19)27-4/h6-14,17,26H,5,15-16H2,1-4H3,(H2,23,24,25). The van der Waals surface area contributed by atoms with Gasteiger partial charge in [0.2, 0.25) is 0 Å². The topological polar surface area (TPSA) is 65.9 Å². The predicted molar refractivity (Wildman–Crippen MR) is 111 cm³/mol. The predicted octanol–water partition coefficient (Wildman–Crippen LogP) is 3.26. The number of hydrogen-bond acceptors (Lipinski definition) is 3. The molecule has 27 heavy (non-hydrogen) atoms. The summed E-state index contributed by atoms with van der Waals surface area (Å²) in [5.41, 5.74) is 0.990. The fourth-order valence-corrected chi connectivity index (χ4v) is 2.90. The van der Waals surface area contributed by atoms with E-state index in [4.69, 9.17) is 4.74 Å². The summed E-state index contributed by atoms with van der Waals surface area (Å²) in [6.07, 6.45) is 0. The molecule has 2 atom stereocenters. The first-order valence-corrected chi connectivity index (χ1v) is 9.41. The lowest BCUT2D eigenvalue weighted by Crippen LogP contribution is -2.40. The Kier molecular flexibility index (Phi) is 7.67. The molecular formula is C22H31N3O2. The average molecular weight is 370 g/mol. The summed E-state index contributed by atoms with van der Waals surface area (Å²) in [5, 5.41) is 17.4. The van der Waals surface area contributed by atoms with Gasteiger partial charge in [-0.25, -0.2) is 4.99 Å². The van der Waals surface area contributed by atoms with Gasteiger partial charge in [0.25, 0.3) is 0 Å². The Morgan fingerprint density at radius 1 is 1.11 bits per heavy atom. The minimum absolute atomic E-state index is 0.250. The normalized spacial score (nSPS) is 14.9. The van der Waals surface area contributed by atoms with E-state index in [9.17, 15) is 5.11 Å². The molecule has 5 heteroatoms. The minimum Gasteiger partial charge on any atom is -0.496 e. The van der Waals surface area contributed by atoms with Crippen LogP contribution in [0.2, 0.25) is 0 Å². The summed E-state index contributed by atoms with van der Waals surface area (Å²) in [7, 11) is 1.69. The third kappa shape index (κ3) is 6.00. The monoisotopic (exact) mass is 369 g/mol. The largest absolute Gasteiger partial charge is 0.496 e. The van der Waals surface area contributed by atoms with Crippen LogP contribution in [0.15, 0.2) is 59.6 Å². The molecule has 2 aromatic carbocycles. The molecule has 0 aliphatic heterocycles. The van der Waals surface area contributed by atoms with Crippen LogP contribution >= 0.6 is 0 Å². The van der Waals surface area contributed by atoms with Gasteiger partial charge in [-0.3, -0.25) is 0 Å². The first-order chi connectivity index (χ1) is 13.0. The van der Waals surface area contributed by atoms with E-state index in [1.807, 2.05) is 55.5 Å². The van der Waals surface area contributed by atoms with E-state index < -0.39 is 5.60 Å². The van der Waals surface area contributed by atoms with Gasteiger partial charge in [0.1, 0.15) is 11.4 Å². The van der Waals surface area contributed by atoms with Crippen molar-refractivity contribution >= 4 is 5.96 Å². The van der Waals surface area contributed by atoms with Crippen molar-refractivity contribution in [1.82, 2.24) is 10.6 Å². The van der Waals surface area contributed by atoms with Crippen molar-refractivity contribution in [3.05, 3.63) is 65.7 Å². The second-order valence-corrected chi connectivity index (χ2v) is 6.86. The average Bonchev–Trinajstić information content (AvgIpc) is 2.70. The quantitative estimate of drug-likeness (QED) is 0.494. The zero-order valence-corrected chi connectivity index (χ0v) is 16.7. The van der Waals surface area contributed by atoms with Gasteiger partial charge in [0, 0.05) is 19.0 Å². The molecule has 3 N–H and O–H groups in total. The summed E-state index contributed by atoms with van der Waals surface area (Å²) < 4.78 is 5.46. The van der Waals surface area contributed by atoms with Crippen LogP contribution in [0, 0.1) is 0 Å². The summed E-state index contributed by atoms with van der Waals surface area (Å²) in [5.74, 6) is 1.83. The number of methoxy groups -OCH3 is 1. The van der Waals surface area contributed by atoms with Gasteiger partial charge in [-0.2, -0.15) is 0 Å². The molecule has 0 amide bonds. The van der Waals surface area contributed by atoms with Crippen LogP contribution in [-0.2, 0) is 5.60 Å². The molecule has 0 bridgehead atoms. The van der Waals surface area contributed by atoms with Crippen LogP contribution < -0.4 is 15.4 Å². The molecule has 0 saturated heterocycles. The minimum atomic E-state index is -1.02. The summed E-state index contributed by atoms with van der Waals surface area (Å²) in [6.45, 7) is 7.69. The molecule has 5 nitrogen and oxygen atoms in total. The van der Waals surface area contributed by atoms with E-state index in [1.165, 1.54) is 0 Å². The smallest absolute Gasteiger partial charge is 0.191 e. The van der Waals surface area contributed by atoms with Crippen LogP contribution in [0.5, 0.6) is 5.75 Å². The fraction of sp³-hybridized carbons (Fsp3) is 0.409. The molecule has 0 saturated carbocycles. The lowest BCUT2D eigenvalue weighted by molar-refractivity contribution is 0.0672. The Bertz CT molecular complexity index is 729. The third-order valence-electron chi connectivity index (χ3n) is 4.53. The molecule has 0 aliphatic carbocycles. The van der Waals surface area contributed by atoms with Crippen LogP contribution in [0.1, 0.15) is 37.8 Å². The highest BCUT2D eigenvalue weighted by Gasteiger charge is 2.22. The van der Waals surface area contributed by atoms with Gasteiger partial charge in [0.15, 0.2) is 5.96 Å². The van der Waals surface area contributed by atoms with Crippen LogP contribution in [0.3, 0.4) is 0 Å². The second-order valence-electron chi connectivity index (χ2n) is 6.86. The molecule has 146 valence electrons. The molecule has 0 fully saturated rings. The van der Waals surface area contributed by atoms with Crippen molar-refractivity contribution < 1.29 is 9.84 Å². The number of aliphatic imine (C=N–C) groups is 1. The number of benzene rings is 2. The van der Waals surface area contributed by atoms with Crippen molar-refractivity contribution in [2.45, 2.75) is 32.3 Å². The first-order valence-electron chi connectivity index (χ1n) is 9.41. The van der Waals surface area contributed by atoms with Crippen molar-refractivity contribution in [3.63, 3.8) is 0 Å². The number of aliphatic hydroxyl groups is 1. The SMILES string of the molecule is CCNC(=NCC(C)(O)c1ccccc1)NCC(C)c1ccccc1OC.